The van der Waals surface area contributed by atoms with E-state index in [4.69, 9.17) is 15.0 Å². The SMILES string of the molecule is [CH2]CCCc1nc(CCCCCCCCCCCCCCCC)nc(CCCCCCCCCCCCCCCC)n1. The minimum absolute atomic E-state index is 0.948. The zero-order chi connectivity index (χ0) is 30.2. The molecule has 0 aliphatic rings. The molecule has 3 nitrogen and oxygen atoms in total. The maximum atomic E-state index is 4.90. The van der Waals surface area contributed by atoms with Crippen LogP contribution in [-0.2, 0) is 19.3 Å². The molecular weight excluding hydrogens is 510 g/mol. The van der Waals surface area contributed by atoms with Gasteiger partial charge in [-0.25, -0.2) is 15.0 Å². The Morgan fingerprint density at radius 2 is 0.524 bits per heavy atom. The minimum Gasteiger partial charge on any atom is -0.218 e. The Morgan fingerprint density at radius 3 is 0.762 bits per heavy atom. The third kappa shape index (κ3) is 25.5. The normalized spacial score (nSPS) is 11.5. The first-order valence-corrected chi connectivity index (χ1v) is 19.3. The fraction of sp³-hybridized carbons (Fsp3) is 0.897. The molecular formula is C39H74N3. The van der Waals surface area contributed by atoms with Gasteiger partial charge in [0.2, 0.25) is 0 Å². The van der Waals surface area contributed by atoms with Crippen molar-refractivity contribution in [1.29, 1.82) is 0 Å². The highest BCUT2D eigenvalue weighted by molar-refractivity contribution is 4.99. The van der Waals surface area contributed by atoms with Crippen molar-refractivity contribution in [2.45, 2.75) is 226 Å². The van der Waals surface area contributed by atoms with Crippen molar-refractivity contribution in [2.24, 2.45) is 0 Å². The predicted molar refractivity (Wildman–Crippen MR) is 186 cm³/mol. The molecule has 1 radical (unpaired) electrons. The standard InChI is InChI=1S/C39H74N3/c1-4-7-10-12-14-16-18-20-22-24-26-28-30-32-35-38-40-37(34-9-6-3)41-39(42-38)36-33-31-29-27-25-23-21-19-17-15-13-11-8-5-2/h3-36H2,1-2H3. The molecule has 42 heavy (non-hydrogen) atoms. The van der Waals surface area contributed by atoms with Crippen molar-refractivity contribution in [3.05, 3.63) is 24.4 Å². The molecule has 0 atom stereocenters. The lowest BCUT2D eigenvalue weighted by molar-refractivity contribution is 0.532. The Hall–Kier alpha value is -0.990. The van der Waals surface area contributed by atoms with Crippen molar-refractivity contribution >= 4 is 0 Å². The summed E-state index contributed by atoms with van der Waals surface area (Å²) in [5, 5.41) is 0. The summed E-state index contributed by atoms with van der Waals surface area (Å²) in [6, 6.07) is 0. The van der Waals surface area contributed by atoms with Crippen LogP contribution in [0, 0.1) is 6.92 Å². The lowest BCUT2D eigenvalue weighted by atomic mass is 10.0. The summed E-state index contributed by atoms with van der Waals surface area (Å²) in [6.07, 6.45) is 44.2. The summed E-state index contributed by atoms with van der Waals surface area (Å²) in [5.74, 6) is 3.10. The summed E-state index contributed by atoms with van der Waals surface area (Å²) in [4.78, 5) is 14.6. The Kier molecular flexibility index (Phi) is 29.2. The molecule has 0 fully saturated rings. The van der Waals surface area contributed by atoms with Gasteiger partial charge in [0.05, 0.1) is 0 Å². The van der Waals surface area contributed by atoms with E-state index in [1.807, 2.05) is 0 Å². The number of unbranched alkanes of at least 4 members (excludes halogenated alkanes) is 27. The van der Waals surface area contributed by atoms with E-state index in [1.165, 1.54) is 180 Å². The van der Waals surface area contributed by atoms with Gasteiger partial charge >= 0.3 is 0 Å². The second-order valence-electron chi connectivity index (χ2n) is 13.2. The van der Waals surface area contributed by atoms with E-state index in [2.05, 4.69) is 20.8 Å². The van der Waals surface area contributed by atoms with Gasteiger partial charge in [-0.3, -0.25) is 0 Å². The maximum Gasteiger partial charge on any atom is 0.132 e. The molecule has 245 valence electrons. The maximum absolute atomic E-state index is 4.90. The number of hydrogen-bond acceptors (Lipinski definition) is 3. The van der Waals surface area contributed by atoms with Gasteiger partial charge in [-0.2, -0.15) is 0 Å². The van der Waals surface area contributed by atoms with Gasteiger partial charge in [-0.05, 0) is 19.3 Å². The first kappa shape index (κ1) is 39.0. The van der Waals surface area contributed by atoms with Crippen LogP contribution in [-0.4, -0.2) is 15.0 Å². The summed E-state index contributed by atoms with van der Waals surface area (Å²) >= 11 is 0. The topological polar surface area (TPSA) is 38.7 Å². The summed E-state index contributed by atoms with van der Waals surface area (Å²) in [7, 11) is 0. The van der Waals surface area contributed by atoms with Crippen molar-refractivity contribution in [1.82, 2.24) is 15.0 Å². The van der Waals surface area contributed by atoms with Gasteiger partial charge in [0, 0.05) is 19.3 Å². The van der Waals surface area contributed by atoms with Gasteiger partial charge in [-0.1, -0.05) is 194 Å². The van der Waals surface area contributed by atoms with E-state index in [0.717, 1.165) is 49.6 Å². The van der Waals surface area contributed by atoms with Crippen molar-refractivity contribution in [3.63, 3.8) is 0 Å². The molecule has 1 aromatic rings. The first-order chi connectivity index (χ1) is 20.8. The molecule has 0 aliphatic carbocycles. The van der Waals surface area contributed by atoms with Crippen LogP contribution in [0.25, 0.3) is 0 Å². The summed E-state index contributed by atoms with van der Waals surface area (Å²) in [6.45, 7) is 8.61. The van der Waals surface area contributed by atoms with Crippen LogP contribution in [0.2, 0.25) is 0 Å². The quantitative estimate of drug-likeness (QED) is 0.0771. The smallest absolute Gasteiger partial charge is 0.132 e. The fourth-order valence-electron chi connectivity index (χ4n) is 6.10. The highest BCUT2D eigenvalue weighted by Gasteiger charge is 2.07. The molecule has 1 heterocycles. The van der Waals surface area contributed by atoms with E-state index >= 15 is 0 Å². The molecule has 3 heteroatoms. The Morgan fingerprint density at radius 1 is 0.310 bits per heavy atom. The number of aryl methyl sites for hydroxylation is 3. The Labute approximate surface area is 264 Å². The van der Waals surface area contributed by atoms with Crippen molar-refractivity contribution < 1.29 is 0 Å². The average molecular weight is 585 g/mol. The summed E-state index contributed by atoms with van der Waals surface area (Å²) < 4.78 is 0. The molecule has 0 aliphatic heterocycles. The Balaban J connectivity index is 2.11. The molecule has 0 aromatic carbocycles. The third-order valence-corrected chi connectivity index (χ3v) is 8.93. The van der Waals surface area contributed by atoms with Gasteiger partial charge in [-0.15, -0.1) is 0 Å². The van der Waals surface area contributed by atoms with Crippen molar-refractivity contribution in [2.75, 3.05) is 0 Å². The first-order valence-electron chi connectivity index (χ1n) is 19.3. The molecule has 1 aromatic heterocycles. The van der Waals surface area contributed by atoms with E-state index in [1.54, 1.807) is 0 Å². The fourth-order valence-corrected chi connectivity index (χ4v) is 6.10. The lowest BCUT2D eigenvalue weighted by Crippen LogP contribution is -2.08. The molecule has 0 unspecified atom stereocenters. The van der Waals surface area contributed by atoms with Gasteiger partial charge in [0.15, 0.2) is 0 Å². The van der Waals surface area contributed by atoms with Crippen LogP contribution in [0.1, 0.15) is 224 Å². The van der Waals surface area contributed by atoms with Crippen LogP contribution in [0.15, 0.2) is 0 Å². The molecule has 0 N–H and O–H groups in total. The molecule has 0 saturated carbocycles. The van der Waals surface area contributed by atoms with E-state index in [9.17, 15) is 0 Å². The predicted octanol–water partition coefficient (Wildman–Crippen LogP) is 13.1. The van der Waals surface area contributed by atoms with Crippen LogP contribution in [0.4, 0.5) is 0 Å². The second kappa shape index (κ2) is 31.4. The molecule has 0 bridgehead atoms. The summed E-state index contributed by atoms with van der Waals surface area (Å²) in [5.41, 5.74) is 0. The minimum atomic E-state index is 0.948. The number of nitrogens with zero attached hydrogens (tertiary/aromatic N) is 3. The molecule has 0 saturated heterocycles. The van der Waals surface area contributed by atoms with Gasteiger partial charge in [0.1, 0.15) is 17.5 Å². The third-order valence-electron chi connectivity index (χ3n) is 8.93. The second-order valence-corrected chi connectivity index (χ2v) is 13.2. The molecule has 1 rings (SSSR count). The lowest BCUT2D eigenvalue weighted by Gasteiger charge is -2.08. The largest absolute Gasteiger partial charge is 0.218 e. The number of rotatable bonds is 33. The van der Waals surface area contributed by atoms with Crippen LogP contribution >= 0.6 is 0 Å². The Bertz CT molecular complexity index is 623. The van der Waals surface area contributed by atoms with Crippen LogP contribution in [0.3, 0.4) is 0 Å². The molecule has 0 amide bonds. The van der Waals surface area contributed by atoms with Gasteiger partial charge < -0.3 is 0 Å². The number of hydrogen-bond donors (Lipinski definition) is 0. The number of aromatic nitrogens is 3. The zero-order valence-corrected chi connectivity index (χ0v) is 28.9. The van der Waals surface area contributed by atoms with Gasteiger partial charge in [0.25, 0.3) is 0 Å². The van der Waals surface area contributed by atoms with Crippen molar-refractivity contribution in [3.8, 4) is 0 Å². The van der Waals surface area contributed by atoms with E-state index in [0.29, 0.717) is 0 Å². The van der Waals surface area contributed by atoms with Crippen LogP contribution in [0.5, 0.6) is 0 Å². The van der Waals surface area contributed by atoms with E-state index < -0.39 is 0 Å². The van der Waals surface area contributed by atoms with E-state index in [-0.39, 0.29) is 0 Å². The molecule has 0 spiro atoms. The highest BCUT2D eigenvalue weighted by atomic mass is 15.0. The zero-order valence-electron chi connectivity index (χ0n) is 28.9. The monoisotopic (exact) mass is 585 g/mol. The van der Waals surface area contributed by atoms with Crippen LogP contribution < -0.4 is 0 Å². The highest BCUT2D eigenvalue weighted by Crippen LogP contribution is 2.16. The average Bonchev–Trinajstić information content (AvgIpc) is 3.00.